The van der Waals surface area contributed by atoms with E-state index >= 15 is 0 Å². The lowest BCUT2D eigenvalue weighted by molar-refractivity contribution is 0.0716. The summed E-state index contributed by atoms with van der Waals surface area (Å²) in [5.41, 5.74) is 3.06. The molecule has 6 heteroatoms. The van der Waals surface area contributed by atoms with Crippen LogP contribution < -0.4 is 4.90 Å². The lowest BCUT2D eigenvalue weighted by Gasteiger charge is -2.35. The molecular formula is C23H22N4O2. The number of nitrogens with zero attached hydrogens (tertiary/aromatic N) is 4. The van der Waals surface area contributed by atoms with Crippen LogP contribution in [-0.4, -0.2) is 46.5 Å². The Hall–Kier alpha value is -3.54. The topological polar surface area (TPSA) is 54.5 Å². The van der Waals surface area contributed by atoms with Crippen molar-refractivity contribution in [3.05, 3.63) is 78.3 Å². The molecule has 2 aromatic carbocycles. The normalized spacial score (nSPS) is 14.5. The molecular weight excluding hydrogens is 364 g/mol. The number of amides is 1. The molecule has 3 heterocycles. The summed E-state index contributed by atoms with van der Waals surface area (Å²) in [6, 6.07) is 17.9. The van der Waals surface area contributed by atoms with Gasteiger partial charge in [-0.2, -0.15) is 0 Å². The van der Waals surface area contributed by atoms with Gasteiger partial charge in [0.25, 0.3) is 5.91 Å². The number of benzene rings is 2. The van der Waals surface area contributed by atoms with Crippen molar-refractivity contribution in [2.75, 3.05) is 31.1 Å². The molecule has 0 aliphatic carbocycles. The fraction of sp³-hybridized carbons (Fsp3) is 0.217. The van der Waals surface area contributed by atoms with Crippen LogP contribution in [0.15, 0.2) is 71.4 Å². The summed E-state index contributed by atoms with van der Waals surface area (Å²) in [6.45, 7) is 4.81. The van der Waals surface area contributed by atoms with Gasteiger partial charge >= 0.3 is 0 Å². The number of hydrogen-bond donors (Lipinski definition) is 0. The Morgan fingerprint density at radius 2 is 1.76 bits per heavy atom. The number of para-hydroxylation sites is 1. The first kappa shape index (κ1) is 17.6. The van der Waals surface area contributed by atoms with Gasteiger partial charge in [-0.15, -0.1) is 0 Å². The largest absolute Gasteiger partial charge is 0.451 e. The number of aromatic nitrogens is 2. The Kier molecular flexibility index (Phi) is 4.31. The van der Waals surface area contributed by atoms with Crippen LogP contribution in [0, 0.1) is 6.92 Å². The summed E-state index contributed by atoms with van der Waals surface area (Å²) in [4.78, 5) is 21.5. The van der Waals surface area contributed by atoms with Crippen LogP contribution in [0.5, 0.6) is 0 Å². The first-order chi connectivity index (χ1) is 14.2. The van der Waals surface area contributed by atoms with E-state index in [-0.39, 0.29) is 5.91 Å². The van der Waals surface area contributed by atoms with Crippen LogP contribution in [-0.2, 0) is 0 Å². The standard InChI is InChI=1S/C23H22N4O2/c1-17-6-8-19(9-7-17)27-11-10-24-23(27)26-14-12-25(13-15-26)22(28)21-16-18-4-2-3-5-20(18)29-21/h2-11,16H,12-15H2,1H3. The molecule has 146 valence electrons. The number of imidazole rings is 1. The van der Waals surface area contributed by atoms with Gasteiger partial charge in [0.1, 0.15) is 5.58 Å². The predicted octanol–water partition coefficient (Wildman–Crippen LogP) is 3.89. The highest BCUT2D eigenvalue weighted by Crippen LogP contribution is 2.23. The fourth-order valence-corrected chi connectivity index (χ4v) is 3.79. The third-order valence-electron chi connectivity index (χ3n) is 5.42. The number of piperazine rings is 1. The minimum atomic E-state index is -0.0530. The van der Waals surface area contributed by atoms with Gasteiger partial charge in [0, 0.05) is 49.6 Å². The number of aryl methyl sites for hydroxylation is 1. The molecule has 1 aliphatic rings. The Morgan fingerprint density at radius 1 is 1.00 bits per heavy atom. The van der Waals surface area contributed by atoms with E-state index in [0.717, 1.165) is 35.7 Å². The van der Waals surface area contributed by atoms with Crippen molar-refractivity contribution >= 4 is 22.8 Å². The summed E-state index contributed by atoms with van der Waals surface area (Å²) < 4.78 is 7.84. The number of carbonyl (C=O) groups excluding carboxylic acids is 1. The van der Waals surface area contributed by atoms with E-state index in [2.05, 4.69) is 45.6 Å². The van der Waals surface area contributed by atoms with Crippen molar-refractivity contribution in [3.63, 3.8) is 0 Å². The van der Waals surface area contributed by atoms with E-state index in [1.165, 1.54) is 5.56 Å². The molecule has 1 saturated heterocycles. The molecule has 1 amide bonds. The van der Waals surface area contributed by atoms with Crippen molar-refractivity contribution in [2.24, 2.45) is 0 Å². The van der Waals surface area contributed by atoms with Crippen LogP contribution in [0.3, 0.4) is 0 Å². The molecule has 0 saturated carbocycles. The number of hydrogen-bond acceptors (Lipinski definition) is 4. The van der Waals surface area contributed by atoms with Crippen LogP contribution >= 0.6 is 0 Å². The third-order valence-corrected chi connectivity index (χ3v) is 5.42. The minimum absolute atomic E-state index is 0.0530. The molecule has 2 aromatic heterocycles. The summed E-state index contributed by atoms with van der Waals surface area (Å²) in [7, 11) is 0. The predicted molar refractivity (Wildman–Crippen MR) is 113 cm³/mol. The summed E-state index contributed by atoms with van der Waals surface area (Å²) >= 11 is 0. The maximum Gasteiger partial charge on any atom is 0.289 e. The quantitative estimate of drug-likeness (QED) is 0.536. The average molecular weight is 386 g/mol. The van der Waals surface area contributed by atoms with Crippen LogP contribution in [0.4, 0.5) is 5.95 Å². The van der Waals surface area contributed by atoms with Crippen molar-refractivity contribution in [2.45, 2.75) is 6.92 Å². The number of furan rings is 1. The zero-order chi connectivity index (χ0) is 19.8. The SMILES string of the molecule is Cc1ccc(-n2ccnc2N2CCN(C(=O)c3cc4ccccc4o3)CC2)cc1. The van der Waals surface area contributed by atoms with Crippen LogP contribution in [0.25, 0.3) is 16.7 Å². The smallest absolute Gasteiger partial charge is 0.289 e. The Labute approximate surface area is 169 Å². The first-order valence-electron chi connectivity index (χ1n) is 9.82. The molecule has 1 fully saturated rings. The highest BCUT2D eigenvalue weighted by molar-refractivity contribution is 5.96. The molecule has 0 spiro atoms. The lowest BCUT2D eigenvalue weighted by atomic mass is 10.2. The molecule has 6 nitrogen and oxygen atoms in total. The van der Waals surface area contributed by atoms with Gasteiger partial charge in [-0.1, -0.05) is 35.9 Å². The van der Waals surface area contributed by atoms with Gasteiger partial charge in [0.05, 0.1) is 0 Å². The zero-order valence-corrected chi connectivity index (χ0v) is 16.3. The van der Waals surface area contributed by atoms with Crippen molar-refractivity contribution in [3.8, 4) is 5.69 Å². The summed E-state index contributed by atoms with van der Waals surface area (Å²) in [6.07, 6.45) is 3.80. The van der Waals surface area contributed by atoms with E-state index in [1.54, 1.807) is 0 Å². The summed E-state index contributed by atoms with van der Waals surface area (Å²) in [5, 5.41) is 0.953. The number of fused-ring (bicyclic) bond motifs is 1. The molecule has 5 rings (SSSR count). The van der Waals surface area contributed by atoms with Crippen molar-refractivity contribution in [1.82, 2.24) is 14.5 Å². The molecule has 0 N–H and O–H groups in total. The van der Waals surface area contributed by atoms with Gasteiger partial charge in [-0.25, -0.2) is 4.98 Å². The Morgan fingerprint density at radius 3 is 2.52 bits per heavy atom. The zero-order valence-electron chi connectivity index (χ0n) is 16.3. The third kappa shape index (κ3) is 3.27. The molecule has 0 unspecified atom stereocenters. The monoisotopic (exact) mass is 386 g/mol. The molecule has 4 aromatic rings. The minimum Gasteiger partial charge on any atom is -0.451 e. The molecule has 1 aliphatic heterocycles. The molecule has 0 atom stereocenters. The van der Waals surface area contributed by atoms with E-state index in [1.807, 2.05) is 47.6 Å². The number of carbonyl (C=O) groups is 1. The average Bonchev–Trinajstić information content (AvgIpc) is 3.41. The maximum absolute atomic E-state index is 12.9. The number of rotatable bonds is 3. The van der Waals surface area contributed by atoms with E-state index in [9.17, 15) is 4.79 Å². The van der Waals surface area contributed by atoms with Gasteiger partial charge in [-0.3, -0.25) is 9.36 Å². The van der Waals surface area contributed by atoms with Gasteiger partial charge in [0.15, 0.2) is 5.76 Å². The molecule has 0 bridgehead atoms. The second kappa shape index (κ2) is 7.13. The van der Waals surface area contributed by atoms with Crippen molar-refractivity contribution in [1.29, 1.82) is 0 Å². The Balaban J connectivity index is 1.30. The van der Waals surface area contributed by atoms with Gasteiger partial charge in [0.2, 0.25) is 5.95 Å². The molecule has 0 radical (unpaired) electrons. The van der Waals surface area contributed by atoms with Gasteiger partial charge in [-0.05, 0) is 31.2 Å². The van der Waals surface area contributed by atoms with E-state index in [0.29, 0.717) is 18.8 Å². The second-order valence-corrected chi connectivity index (χ2v) is 7.36. The van der Waals surface area contributed by atoms with E-state index in [4.69, 9.17) is 4.42 Å². The maximum atomic E-state index is 12.9. The highest BCUT2D eigenvalue weighted by Gasteiger charge is 2.26. The lowest BCUT2D eigenvalue weighted by Crippen LogP contribution is -2.49. The molecule has 29 heavy (non-hydrogen) atoms. The van der Waals surface area contributed by atoms with Gasteiger partial charge < -0.3 is 14.2 Å². The fourth-order valence-electron chi connectivity index (χ4n) is 3.79. The first-order valence-corrected chi connectivity index (χ1v) is 9.82. The van der Waals surface area contributed by atoms with Crippen LogP contribution in [0.1, 0.15) is 16.1 Å². The summed E-state index contributed by atoms with van der Waals surface area (Å²) in [5.74, 6) is 1.26. The van der Waals surface area contributed by atoms with E-state index < -0.39 is 0 Å². The number of anilines is 1. The second-order valence-electron chi connectivity index (χ2n) is 7.36. The highest BCUT2D eigenvalue weighted by atomic mass is 16.3. The Bertz CT molecular complexity index is 1120. The van der Waals surface area contributed by atoms with Crippen LogP contribution in [0.2, 0.25) is 0 Å². The van der Waals surface area contributed by atoms with Crippen molar-refractivity contribution < 1.29 is 9.21 Å².